The molecule has 2 N–H and O–H groups in total. The van der Waals surface area contributed by atoms with Crippen molar-refractivity contribution >= 4 is 40.3 Å². The van der Waals surface area contributed by atoms with Crippen molar-refractivity contribution in [1.29, 1.82) is 0 Å². The average molecular weight is 788 g/mol. The zero-order valence-electron chi connectivity index (χ0n) is 31.3. The summed E-state index contributed by atoms with van der Waals surface area (Å²) in [6, 6.07) is 22.8. The number of ether oxygens (including phenoxy) is 2. The SMILES string of the molecule is CCOc1ccc(CN2CCN(C(=O)c3cc4cc(Oc5ccc(N(C)C(=O)c6ccc(C(F)(F)F)cc6)cn5)ccc4n3C)CC2)cc1.O=C(O)/C=C\C(=O)O. The van der Waals surface area contributed by atoms with Crippen LogP contribution in [-0.4, -0.2) is 93.2 Å². The summed E-state index contributed by atoms with van der Waals surface area (Å²) < 4.78 is 52.1. The first-order valence-corrected chi connectivity index (χ1v) is 17.7. The van der Waals surface area contributed by atoms with Crippen LogP contribution in [0, 0.1) is 0 Å². The molecule has 1 fully saturated rings. The van der Waals surface area contributed by atoms with E-state index in [9.17, 15) is 32.3 Å². The number of nitrogens with zero attached hydrogens (tertiary/aromatic N) is 5. The second-order valence-corrected chi connectivity index (χ2v) is 12.9. The summed E-state index contributed by atoms with van der Waals surface area (Å²) in [5.74, 6) is -1.34. The Kier molecular flexibility index (Phi) is 13.3. The third-order valence-electron chi connectivity index (χ3n) is 9.00. The van der Waals surface area contributed by atoms with Gasteiger partial charge < -0.3 is 34.1 Å². The fourth-order valence-electron chi connectivity index (χ4n) is 5.99. The average Bonchev–Trinajstić information content (AvgIpc) is 3.52. The largest absolute Gasteiger partial charge is 0.494 e. The van der Waals surface area contributed by atoms with Gasteiger partial charge in [0.05, 0.1) is 24.1 Å². The van der Waals surface area contributed by atoms with Crippen LogP contribution in [0.1, 0.15) is 38.9 Å². The third kappa shape index (κ3) is 11.0. The normalized spacial score (nSPS) is 13.2. The molecule has 16 heteroatoms. The number of carbonyl (C=O) groups excluding carboxylic acids is 2. The standard InChI is InChI=1S/C37H36F3N5O4.C4H4O4/c1-4-48-30-12-5-25(6-13-30)24-44-17-19-45(20-18-44)36(47)33-22-27-21-31(14-15-32(27)43(33)3)49-34-16-11-29(23-41-34)42(2)35(46)26-7-9-28(10-8-26)37(38,39)40;5-3(6)1-2-4(7)8/h5-16,21-23H,4,17-20,24H2,1-3H3;1-2H,(H,5,6)(H,7,8)/b;2-1-. The first kappa shape index (κ1) is 41.5. The molecule has 5 aromatic rings. The van der Waals surface area contributed by atoms with Crippen LogP contribution in [0.4, 0.5) is 18.9 Å². The Morgan fingerprint density at radius 2 is 1.47 bits per heavy atom. The fourth-order valence-corrected chi connectivity index (χ4v) is 5.99. The second-order valence-electron chi connectivity index (χ2n) is 12.9. The number of hydrogen-bond acceptors (Lipinski definition) is 8. The number of amides is 2. The summed E-state index contributed by atoms with van der Waals surface area (Å²) in [5.41, 5.74) is 2.42. The first-order chi connectivity index (χ1) is 27.1. The van der Waals surface area contributed by atoms with Crippen LogP contribution in [-0.2, 0) is 29.4 Å². The van der Waals surface area contributed by atoms with Crippen LogP contribution in [0.25, 0.3) is 10.9 Å². The molecule has 6 rings (SSSR count). The predicted molar refractivity (Wildman–Crippen MR) is 205 cm³/mol. The van der Waals surface area contributed by atoms with Gasteiger partial charge in [-0.15, -0.1) is 0 Å². The van der Waals surface area contributed by atoms with E-state index in [0.29, 0.717) is 49.0 Å². The van der Waals surface area contributed by atoms with Crippen LogP contribution in [0.5, 0.6) is 17.4 Å². The van der Waals surface area contributed by atoms with Crippen molar-refractivity contribution in [2.45, 2.75) is 19.6 Å². The summed E-state index contributed by atoms with van der Waals surface area (Å²) in [6.45, 7) is 6.26. The number of anilines is 1. The Morgan fingerprint density at radius 1 is 0.842 bits per heavy atom. The van der Waals surface area contributed by atoms with E-state index in [4.69, 9.17) is 19.7 Å². The lowest BCUT2D eigenvalue weighted by atomic mass is 10.1. The Bertz CT molecular complexity index is 2210. The molecule has 0 saturated carbocycles. The van der Waals surface area contributed by atoms with Gasteiger partial charge in [0.15, 0.2) is 0 Å². The molecule has 0 aliphatic carbocycles. The lowest BCUT2D eigenvalue weighted by Crippen LogP contribution is -2.48. The van der Waals surface area contributed by atoms with Crippen molar-refractivity contribution in [2.24, 2.45) is 7.05 Å². The number of halogens is 3. The van der Waals surface area contributed by atoms with Crippen molar-refractivity contribution in [1.82, 2.24) is 19.4 Å². The molecule has 2 aromatic heterocycles. The highest BCUT2D eigenvalue weighted by atomic mass is 19.4. The number of alkyl halides is 3. The van der Waals surface area contributed by atoms with Crippen molar-refractivity contribution < 1.29 is 52.0 Å². The van der Waals surface area contributed by atoms with E-state index in [-0.39, 0.29) is 17.4 Å². The maximum absolute atomic E-state index is 13.6. The number of carboxylic acid groups (broad SMARTS) is 2. The quantitative estimate of drug-likeness (QED) is 0.138. The number of piperazine rings is 1. The number of rotatable bonds is 11. The molecule has 3 aromatic carbocycles. The van der Waals surface area contributed by atoms with E-state index >= 15 is 0 Å². The minimum Gasteiger partial charge on any atom is -0.494 e. The number of aliphatic carboxylic acids is 2. The Hall–Kier alpha value is -6.68. The maximum Gasteiger partial charge on any atom is 0.416 e. The molecule has 1 aliphatic heterocycles. The summed E-state index contributed by atoms with van der Waals surface area (Å²) in [4.78, 5) is 55.4. The number of benzene rings is 3. The number of pyridine rings is 1. The van der Waals surface area contributed by atoms with Gasteiger partial charge in [0.2, 0.25) is 5.88 Å². The van der Waals surface area contributed by atoms with Gasteiger partial charge in [0, 0.05) is 81.5 Å². The summed E-state index contributed by atoms with van der Waals surface area (Å²) in [5, 5.41) is 16.5. The number of fused-ring (bicyclic) bond motifs is 1. The molecule has 3 heterocycles. The van der Waals surface area contributed by atoms with Gasteiger partial charge in [0.25, 0.3) is 11.8 Å². The monoisotopic (exact) mass is 787 g/mol. The van der Waals surface area contributed by atoms with Gasteiger partial charge in [0.1, 0.15) is 17.2 Å². The molecule has 1 saturated heterocycles. The lowest BCUT2D eigenvalue weighted by molar-refractivity contribution is -0.137. The zero-order chi connectivity index (χ0) is 41.3. The Labute approximate surface area is 325 Å². The lowest BCUT2D eigenvalue weighted by Gasteiger charge is -2.34. The Morgan fingerprint density at radius 3 is 2.04 bits per heavy atom. The van der Waals surface area contributed by atoms with Crippen molar-refractivity contribution in [3.05, 3.63) is 126 Å². The Balaban J connectivity index is 0.000000701. The summed E-state index contributed by atoms with van der Waals surface area (Å²) >= 11 is 0. The molecule has 1 aliphatic rings. The molecule has 0 spiro atoms. The number of aromatic nitrogens is 2. The highest BCUT2D eigenvalue weighted by molar-refractivity contribution is 6.05. The minimum atomic E-state index is -4.48. The number of hydrogen-bond donors (Lipinski definition) is 2. The van der Waals surface area contributed by atoms with Gasteiger partial charge in [-0.1, -0.05) is 12.1 Å². The minimum absolute atomic E-state index is 0.0193. The molecule has 0 radical (unpaired) electrons. The van der Waals surface area contributed by atoms with Gasteiger partial charge in [-0.05, 0) is 79.2 Å². The molecular formula is C41H40F3N5O8. The van der Waals surface area contributed by atoms with Gasteiger partial charge in [-0.25, -0.2) is 14.6 Å². The van der Waals surface area contributed by atoms with E-state index in [2.05, 4.69) is 22.0 Å². The van der Waals surface area contributed by atoms with Crippen LogP contribution in [0.2, 0.25) is 0 Å². The zero-order valence-corrected chi connectivity index (χ0v) is 31.3. The maximum atomic E-state index is 13.6. The highest BCUT2D eigenvalue weighted by Crippen LogP contribution is 2.31. The third-order valence-corrected chi connectivity index (χ3v) is 9.00. The van der Waals surface area contributed by atoms with E-state index < -0.39 is 29.6 Å². The number of carbonyl (C=O) groups is 4. The molecule has 0 unspecified atom stereocenters. The smallest absolute Gasteiger partial charge is 0.416 e. The van der Waals surface area contributed by atoms with Gasteiger partial charge in [-0.3, -0.25) is 14.5 Å². The van der Waals surface area contributed by atoms with Crippen LogP contribution in [0.3, 0.4) is 0 Å². The molecular weight excluding hydrogens is 747 g/mol. The van der Waals surface area contributed by atoms with Crippen molar-refractivity contribution in [3.63, 3.8) is 0 Å². The topological polar surface area (TPSA) is 155 Å². The van der Waals surface area contributed by atoms with E-state index in [1.807, 2.05) is 53.8 Å². The van der Waals surface area contributed by atoms with Crippen LogP contribution < -0.4 is 14.4 Å². The summed E-state index contributed by atoms with van der Waals surface area (Å²) in [7, 11) is 3.39. The first-order valence-electron chi connectivity index (χ1n) is 17.7. The van der Waals surface area contributed by atoms with Crippen molar-refractivity contribution in [3.8, 4) is 17.4 Å². The predicted octanol–water partition coefficient (Wildman–Crippen LogP) is 6.73. The molecule has 57 heavy (non-hydrogen) atoms. The number of carboxylic acids is 2. The van der Waals surface area contributed by atoms with E-state index in [0.717, 1.165) is 60.6 Å². The summed E-state index contributed by atoms with van der Waals surface area (Å²) in [6.07, 6.45) is -1.91. The molecule has 13 nitrogen and oxygen atoms in total. The van der Waals surface area contributed by atoms with E-state index in [1.165, 1.54) is 23.7 Å². The number of aryl methyl sites for hydroxylation is 1. The highest BCUT2D eigenvalue weighted by Gasteiger charge is 2.30. The van der Waals surface area contributed by atoms with Crippen molar-refractivity contribution in [2.75, 3.05) is 44.7 Å². The van der Waals surface area contributed by atoms with Gasteiger partial charge >= 0.3 is 18.1 Å². The fraction of sp³-hybridized carbons (Fsp3) is 0.244. The molecule has 2 amide bonds. The molecule has 0 atom stereocenters. The second kappa shape index (κ2) is 18.3. The van der Waals surface area contributed by atoms with Crippen LogP contribution in [0.15, 0.2) is 103 Å². The molecule has 0 bridgehead atoms. The van der Waals surface area contributed by atoms with E-state index in [1.54, 1.807) is 18.2 Å². The van der Waals surface area contributed by atoms with Gasteiger partial charge in [-0.2, -0.15) is 13.2 Å². The van der Waals surface area contributed by atoms with Crippen LogP contribution >= 0.6 is 0 Å². The molecule has 298 valence electrons.